The van der Waals surface area contributed by atoms with Gasteiger partial charge in [-0.2, -0.15) is 0 Å². The zero-order chi connectivity index (χ0) is 12.6. The van der Waals surface area contributed by atoms with Gasteiger partial charge >= 0.3 is 29.6 Å². The second-order valence-electron chi connectivity index (χ2n) is 3.91. The third-order valence-electron chi connectivity index (χ3n) is 2.46. The molecule has 6 nitrogen and oxygen atoms in total. The van der Waals surface area contributed by atoms with Crippen LogP contribution in [0.25, 0.3) is 0 Å². The number of hydrogen-bond acceptors (Lipinski definition) is 5. The molecular formula is C10H11N2NaO4S. The van der Waals surface area contributed by atoms with Gasteiger partial charge in [0, 0.05) is 12.5 Å². The van der Waals surface area contributed by atoms with Gasteiger partial charge < -0.3 is 4.55 Å². The van der Waals surface area contributed by atoms with E-state index in [2.05, 4.69) is 5.43 Å². The molecule has 1 saturated heterocycles. The third-order valence-corrected chi connectivity index (χ3v) is 3.31. The SMILES string of the molecule is CC1CC(=O)N(c2ccc(S(=O)(=O)[O-])cc2)N1.[Na+]. The van der Waals surface area contributed by atoms with E-state index >= 15 is 0 Å². The molecule has 0 radical (unpaired) electrons. The Kier molecular flexibility index (Phi) is 4.93. The van der Waals surface area contributed by atoms with Gasteiger partial charge in [-0.1, -0.05) is 0 Å². The van der Waals surface area contributed by atoms with Crippen molar-refractivity contribution < 1.29 is 47.3 Å². The molecule has 1 aliphatic rings. The van der Waals surface area contributed by atoms with Crippen molar-refractivity contribution in [2.45, 2.75) is 24.3 Å². The van der Waals surface area contributed by atoms with Crippen LogP contribution in [0.2, 0.25) is 0 Å². The minimum atomic E-state index is -4.44. The summed E-state index contributed by atoms with van der Waals surface area (Å²) in [6, 6.07) is 5.28. The summed E-state index contributed by atoms with van der Waals surface area (Å²) in [5.41, 5.74) is 3.45. The number of nitrogens with one attached hydrogen (secondary N) is 1. The van der Waals surface area contributed by atoms with Crippen molar-refractivity contribution in [3.8, 4) is 0 Å². The summed E-state index contributed by atoms with van der Waals surface area (Å²) in [5, 5.41) is 1.35. The van der Waals surface area contributed by atoms with Crippen LogP contribution in [-0.2, 0) is 14.9 Å². The van der Waals surface area contributed by atoms with E-state index < -0.39 is 10.1 Å². The Labute approximate surface area is 127 Å². The Bertz CT molecular complexity index is 544. The van der Waals surface area contributed by atoms with E-state index in [4.69, 9.17) is 0 Å². The van der Waals surface area contributed by atoms with Crippen molar-refractivity contribution in [1.29, 1.82) is 0 Å². The van der Waals surface area contributed by atoms with E-state index in [0.29, 0.717) is 12.1 Å². The maximum Gasteiger partial charge on any atom is 1.00 e. The normalized spacial score (nSPS) is 19.8. The van der Waals surface area contributed by atoms with Gasteiger partial charge in [-0.05, 0) is 31.2 Å². The Morgan fingerprint density at radius 2 is 1.89 bits per heavy atom. The number of hydrogen-bond donors (Lipinski definition) is 1. The van der Waals surface area contributed by atoms with Gasteiger partial charge in [0.15, 0.2) is 0 Å². The summed E-state index contributed by atoms with van der Waals surface area (Å²) in [7, 11) is -4.44. The average molecular weight is 278 g/mol. The number of anilines is 1. The topological polar surface area (TPSA) is 89.5 Å². The number of amides is 1. The van der Waals surface area contributed by atoms with Gasteiger partial charge in [-0.15, -0.1) is 0 Å². The molecule has 18 heavy (non-hydrogen) atoms. The van der Waals surface area contributed by atoms with Crippen LogP contribution < -0.4 is 40.0 Å². The molecule has 1 aliphatic heterocycles. The molecule has 2 rings (SSSR count). The zero-order valence-corrected chi connectivity index (χ0v) is 12.9. The third kappa shape index (κ3) is 3.31. The molecule has 1 amide bonds. The fraction of sp³-hybridized carbons (Fsp3) is 0.300. The summed E-state index contributed by atoms with van der Waals surface area (Å²) in [6.45, 7) is 1.87. The van der Waals surface area contributed by atoms with Gasteiger partial charge in [0.25, 0.3) is 0 Å². The van der Waals surface area contributed by atoms with Crippen LogP contribution in [0.1, 0.15) is 13.3 Å². The van der Waals surface area contributed by atoms with Gasteiger partial charge in [-0.25, -0.2) is 18.9 Å². The number of hydrazine groups is 1. The van der Waals surface area contributed by atoms with Gasteiger partial charge in [-0.3, -0.25) is 4.79 Å². The summed E-state index contributed by atoms with van der Waals surface area (Å²) < 4.78 is 32.2. The van der Waals surface area contributed by atoms with Gasteiger partial charge in [0.2, 0.25) is 5.91 Å². The van der Waals surface area contributed by atoms with Crippen LogP contribution in [0.3, 0.4) is 0 Å². The zero-order valence-electron chi connectivity index (χ0n) is 10.1. The minimum Gasteiger partial charge on any atom is -0.744 e. The maximum atomic E-state index is 11.6. The predicted molar refractivity (Wildman–Crippen MR) is 59.1 cm³/mol. The molecule has 0 aromatic heterocycles. The van der Waals surface area contributed by atoms with E-state index in [9.17, 15) is 17.8 Å². The van der Waals surface area contributed by atoms with E-state index in [1.807, 2.05) is 6.92 Å². The summed E-state index contributed by atoms with van der Waals surface area (Å²) >= 11 is 0. The van der Waals surface area contributed by atoms with E-state index in [1.165, 1.54) is 29.3 Å². The molecule has 0 bridgehead atoms. The molecule has 92 valence electrons. The summed E-state index contributed by atoms with van der Waals surface area (Å²) in [6.07, 6.45) is 0.390. The summed E-state index contributed by atoms with van der Waals surface area (Å²) in [5.74, 6) is -0.0877. The first-order valence-corrected chi connectivity index (χ1v) is 6.44. The van der Waals surface area contributed by atoms with E-state index in [-0.39, 0.29) is 46.4 Å². The maximum absolute atomic E-state index is 11.6. The van der Waals surface area contributed by atoms with Crippen LogP contribution in [0.15, 0.2) is 29.2 Å². The van der Waals surface area contributed by atoms with Crippen molar-refractivity contribution in [2.75, 3.05) is 5.01 Å². The molecule has 1 atom stereocenters. The minimum absolute atomic E-state index is 0. The molecule has 1 heterocycles. The average Bonchev–Trinajstić information content (AvgIpc) is 2.57. The molecule has 0 saturated carbocycles. The van der Waals surface area contributed by atoms with Crippen LogP contribution in [-0.4, -0.2) is 24.9 Å². The van der Waals surface area contributed by atoms with Crippen molar-refractivity contribution in [2.24, 2.45) is 0 Å². The first-order chi connectivity index (χ1) is 7.88. The molecule has 0 spiro atoms. The van der Waals surface area contributed by atoms with Crippen molar-refractivity contribution >= 4 is 21.7 Å². The number of carbonyl (C=O) groups is 1. The van der Waals surface area contributed by atoms with Crippen LogP contribution in [0.5, 0.6) is 0 Å². The largest absolute Gasteiger partial charge is 1.00 e. The number of nitrogens with zero attached hydrogens (tertiary/aromatic N) is 1. The molecule has 1 unspecified atom stereocenters. The van der Waals surface area contributed by atoms with E-state index in [0.717, 1.165) is 0 Å². The first-order valence-electron chi connectivity index (χ1n) is 5.03. The Hall–Kier alpha value is -0.440. The standard InChI is InChI=1S/C10H12N2O4S.Na/c1-7-6-10(13)12(11-7)8-2-4-9(5-3-8)17(14,15)16;/h2-5,7,11H,6H2,1H3,(H,14,15,16);/q;+1/p-1. The smallest absolute Gasteiger partial charge is 0.744 e. The molecule has 8 heteroatoms. The Balaban J connectivity index is 0.00000162. The van der Waals surface area contributed by atoms with Crippen molar-refractivity contribution in [1.82, 2.24) is 5.43 Å². The van der Waals surface area contributed by atoms with Crippen LogP contribution >= 0.6 is 0 Å². The fourth-order valence-corrected chi connectivity index (χ4v) is 2.14. The van der Waals surface area contributed by atoms with Crippen molar-refractivity contribution in [3.05, 3.63) is 24.3 Å². The quantitative estimate of drug-likeness (QED) is 0.467. The number of rotatable bonds is 2. The second-order valence-corrected chi connectivity index (χ2v) is 5.29. The fourth-order valence-electron chi connectivity index (χ4n) is 1.67. The van der Waals surface area contributed by atoms with Crippen LogP contribution in [0, 0.1) is 0 Å². The molecule has 1 aromatic carbocycles. The predicted octanol–water partition coefficient (Wildman–Crippen LogP) is -2.78. The molecular weight excluding hydrogens is 267 g/mol. The van der Waals surface area contributed by atoms with E-state index in [1.54, 1.807) is 0 Å². The number of carbonyl (C=O) groups excluding carboxylic acids is 1. The Morgan fingerprint density at radius 1 is 1.33 bits per heavy atom. The number of benzene rings is 1. The second kappa shape index (κ2) is 5.68. The van der Waals surface area contributed by atoms with Gasteiger partial charge in [0.05, 0.1) is 10.6 Å². The van der Waals surface area contributed by atoms with Crippen molar-refractivity contribution in [3.63, 3.8) is 0 Å². The first kappa shape index (κ1) is 15.6. The monoisotopic (exact) mass is 278 g/mol. The molecule has 1 aromatic rings. The molecule has 1 N–H and O–H groups in total. The molecule has 1 fully saturated rings. The molecule has 0 aliphatic carbocycles. The van der Waals surface area contributed by atoms with Crippen LogP contribution in [0.4, 0.5) is 5.69 Å². The summed E-state index contributed by atoms with van der Waals surface area (Å²) in [4.78, 5) is 11.2. The van der Waals surface area contributed by atoms with Gasteiger partial charge in [0.1, 0.15) is 10.1 Å². The Morgan fingerprint density at radius 3 is 2.28 bits per heavy atom.